The van der Waals surface area contributed by atoms with Crippen LogP contribution in [0.4, 0.5) is 11.5 Å². The van der Waals surface area contributed by atoms with Crippen molar-refractivity contribution in [2.45, 2.75) is 30.6 Å². The summed E-state index contributed by atoms with van der Waals surface area (Å²) in [6.45, 7) is 5.08. The molecule has 0 spiro atoms. The molecule has 10 heteroatoms. The van der Waals surface area contributed by atoms with Crippen LogP contribution in [0.2, 0.25) is 0 Å². The zero-order valence-corrected chi connectivity index (χ0v) is 21.9. The highest BCUT2D eigenvalue weighted by atomic mass is 32.2. The van der Waals surface area contributed by atoms with E-state index in [9.17, 15) is 9.59 Å². The van der Waals surface area contributed by atoms with Crippen molar-refractivity contribution in [2.24, 2.45) is 5.92 Å². The van der Waals surface area contributed by atoms with Crippen molar-refractivity contribution in [2.75, 3.05) is 51.8 Å². The fourth-order valence-corrected chi connectivity index (χ4v) is 7.48. The number of amides is 1. The summed E-state index contributed by atoms with van der Waals surface area (Å²) < 4.78 is 5.42. The zero-order chi connectivity index (χ0) is 24.6. The summed E-state index contributed by atoms with van der Waals surface area (Å²) in [6, 6.07) is 6.05. The number of carbonyl (C=O) groups is 2. The van der Waals surface area contributed by atoms with E-state index in [0.29, 0.717) is 6.42 Å². The van der Waals surface area contributed by atoms with Crippen LogP contribution in [0.1, 0.15) is 22.4 Å². The highest BCUT2D eigenvalue weighted by Crippen LogP contribution is 2.41. The molecule has 1 N–H and O–H groups in total. The predicted molar refractivity (Wildman–Crippen MR) is 142 cm³/mol. The average Bonchev–Trinajstić information content (AvgIpc) is 3.46. The number of thiophene rings is 1. The molecule has 0 bridgehead atoms. The molecule has 4 heterocycles. The lowest BCUT2D eigenvalue weighted by molar-refractivity contribution is -0.134. The number of morpholine rings is 1. The van der Waals surface area contributed by atoms with Gasteiger partial charge in [0.2, 0.25) is 5.91 Å². The van der Waals surface area contributed by atoms with E-state index in [1.54, 1.807) is 17.7 Å². The molecule has 3 aliphatic rings. The van der Waals surface area contributed by atoms with Crippen molar-refractivity contribution < 1.29 is 14.3 Å². The smallest absolute Gasteiger partial charge is 0.225 e. The molecule has 0 radical (unpaired) electrons. The second-order valence-electron chi connectivity index (χ2n) is 9.66. The van der Waals surface area contributed by atoms with E-state index in [1.807, 2.05) is 30.1 Å². The Morgan fingerprint density at radius 1 is 1.28 bits per heavy atom. The van der Waals surface area contributed by atoms with Crippen LogP contribution in [-0.2, 0) is 33.6 Å². The Labute approximate surface area is 218 Å². The van der Waals surface area contributed by atoms with Gasteiger partial charge in [-0.15, -0.1) is 11.3 Å². The number of ether oxygens (including phenoxy) is 1. The minimum Gasteiger partial charge on any atom is -0.379 e. The average molecular weight is 524 g/mol. The van der Waals surface area contributed by atoms with Crippen LogP contribution in [0.15, 0.2) is 29.4 Å². The van der Waals surface area contributed by atoms with E-state index in [1.165, 1.54) is 22.2 Å². The molecule has 1 unspecified atom stereocenters. The Kier molecular flexibility index (Phi) is 6.68. The maximum absolute atomic E-state index is 13.2. The normalized spacial score (nSPS) is 19.8. The van der Waals surface area contributed by atoms with Crippen molar-refractivity contribution in [3.8, 4) is 0 Å². The summed E-state index contributed by atoms with van der Waals surface area (Å²) in [5.74, 6) is 1.04. The first-order valence-corrected chi connectivity index (χ1v) is 14.1. The molecule has 36 heavy (non-hydrogen) atoms. The largest absolute Gasteiger partial charge is 0.379 e. The van der Waals surface area contributed by atoms with Crippen LogP contribution in [0.25, 0.3) is 10.2 Å². The monoisotopic (exact) mass is 523 g/mol. The summed E-state index contributed by atoms with van der Waals surface area (Å²) in [4.78, 5) is 41.6. The van der Waals surface area contributed by atoms with Crippen LogP contribution in [0.3, 0.4) is 0 Å². The molecule has 2 aliphatic heterocycles. The molecule has 6 rings (SSSR count). The van der Waals surface area contributed by atoms with Crippen molar-refractivity contribution >= 4 is 55.8 Å². The first-order chi connectivity index (χ1) is 17.5. The number of benzene rings is 1. The van der Waals surface area contributed by atoms with Gasteiger partial charge in [-0.05, 0) is 42.5 Å². The molecule has 8 nitrogen and oxygen atoms in total. The Hall–Kier alpha value is -2.53. The molecule has 188 valence electrons. The number of fused-ring (bicyclic) bond motifs is 4. The standard InChI is InChI=1S/C26H29N5O3S2/c1-30(6-7-31-8-10-34-11-9-31)26(33)17-3-5-19-21(12-17)36-25-23(19)24(27-15-28-25)29-18-4-2-16-13-22(32)35-20(16)14-18/h2,4,14-15,17H,3,5-13H2,1H3,(H,27,28,29). The molecule has 1 amide bonds. The second kappa shape index (κ2) is 10.1. The van der Waals surface area contributed by atoms with Crippen LogP contribution in [0.5, 0.6) is 0 Å². The number of aromatic nitrogens is 2. The molecule has 0 saturated carbocycles. The number of aryl methyl sites for hydroxylation is 1. The third-order valence-corrected chi connectivity index (χ3v) is 9.45. The molecule has 1 aromatic carbocycles. The van der Waals surface area contributed by atoms with Crippen molar-refractivity contribution in [1.29, 1.82) is 0 Å². The van der Waals surface area contributed by atoms with Gasteiger partial charge in [-0.25, -0.2) is 9.97 Å². The first-order valence-electron chi connectivity index (χ1n) is 12.5. The number of nitrogens with one attached hydrogen (secondary N) is 1. The number of hydrogen-bond donors (Lipinski definition) is 1. The van der Waals surface area contributed by atoms with Gasteiger partial charge in [0.1, 0.15) is 17.0 Å². The van der Waals surface area contributed by atoms with E-state index in [4.69, 9.17) is 4.74 Å². The molecule has 1 aliphatic carbocycles. The summed E-state index contributed by atoms with van der Waals surface area (Å²) in [5.41, 5.74) is 3.27. The van der Waals surface area contributed by atoms with Gasteiger partial charge in [-0.2, -0.15) is 0 Å². The van der Waals surface area contributed by atoms with Gasteiger partial charge in [-0.1, -0.05) is 17.8 Å². The Balaban J connectivity index is 1.17. The summed E-state index contributed by atoms with van der Waals surface area (Å²) in [7, 11) is 1.93. The van der Waals surface area contributed by atoms with Gasteiger partial charge in [-0.3, -0.25) is 14.5 Å². The van der Waals surface area contributed by atoms with E-state index >= 15 is 0 Å². The Bertz CT molecular complexity index is 1320. The highest BCUT2D eigenvalue weighted by molar-refractivity contribution is 8.14. The molecule has 1 fully saturated rings. The molecule has 1 atom stereocenters. The first kappa shape index (κ1) is 23.8. The van der Waals surface area contributed by atoms with E-state index in [-0.39, 0.29) is 16.9 Å². The fraction of sp³-hybridized carbons (Fsp3) is 0.462. The van der Waals surface area contributed by atoms with Crippen molar-refractivity contribution in [1.82, 2.24) is 19.8 Å². The fourth-order valence-electron chi connectivity index (χ4n) is 5.28. The Morgan fingerprint density at radius 2 is 2.14 bits per heavy atom. The summed E-state index contributed by atoms with van der Waals surface area (Å²) >= 11 is 2.99. The summed E-state index contributed by atoms with van der Waals surface area (Å²) in [6.07, 6.45) is 4.54. The predicted octanol–water partition coefficient (Wildman–Crippen LogP) is 3.51. The van der Waals surface area contributed by atoms with E-state index < -0.39 is 0 Å². The lowest BCUT2D eigenvalue weighted by Crippen LogP contribution is -2.43. The summed E-state index contributed by atoms with van der Waals surface area (Å²) in [5, 5.41) is 4.72. The van der Waals surface area contributed by atoms with Crippen molar-refractivity contribution in [3.05, 3.63) is 40.5 Å². The quantitative estimate of drug-likeness (QED) is 0.525. The number of anilines is 2. The lowest BCUT2D eigenvalue weighted by Gasteiger charge is -2.30. The van der Waals surface area contributed by atoms with E-state index in [2.05, 4.69) is 20.2 Å². The number of carbonyl (C=O) groups excluding carboxylic acids is 2. The third-order valence-electron chi connectivity index (χ3n) is 7.31. The van der Waals surface area contributed by atoms with Crippen molar-refractivity contribution in [3.63, 3.8) is 0 Å². The molecule has 3 aromatic rings. The third kappa shape index (κ3) is 4.74. The van der Waals surface area contributed by atoms with Gasteiger partial charge in [0, 0.05) is 61.0 Å². The molecular weight excluding hydrogens is 494 g/mol. The SMILES string of the molecule is CN(CCN1CCOCC1)C(=O)C1CCc2c(sc3ncnc(Nc4ccc5c(c4)SC(=O)C5)c23)C1. The second-order valence-corrected chi connectivity index (χ2v) is 11.8. The number of nitrogens with zero attached hydrogens (tertiary/aromatic N) is 4. The van der Waals surface area contributed by atoms with Crippen LogP contribution >= 0.6 is 23.1 Å². The highest BCUT2D eigenvalue weighted by Gasteiger charge is 2.31. The zero-order valence-electron chi connectivity index (χ0n) is 20.3. The van der Waals surface area contributed by atoms with E-state index in [0.717, 1.165) is 90.8 Å². The molecule has 1 saturated heterocycles. The van der Waals surface area contributed by atoms with Gasteiger partial charge in [0.25, 0.3) is 0 Å². The Morgan fingerprint density at radius 3 is 3.00 bits per heavy atom. The topological polar surface area (TPSA) is 87.7 Å². The minimum atomic E-state index is 0.0101. The van der Waals surface area contributed by atoms with Crippen LogP contribution < -0.4 is 5.32 Å². The lowest BCUT2D eigenvalue weighted by atomic mass is 9.87. The molecular formula is C26H29N5O3S2. The van der Waals surface area contributed by atoms with Crippen LogP contribution in [-0.4, -0.2) is 77.2 Å². The number of thioether (sulfide) groups is 1. The van der Waals surface area contributed by atoms with Gasteiger partial charge in [0.15, 0.2) is 5.12 Å². The maximum Gasteiger partial charge on any atom is 0.225 e. The number of rotatable bonds is 6. The van der Waals surface area contributed by atoms with Gasteiger partial charge in [0.05, 0.1) is 18.6 Å². The van der Waals surface area contributed by atoms with Gasteiger partial charge >= 0.3 is 0 Å². The maximum atomic E-state index is 13.2. The minimum absolute atomic E-state index is 0.0101. The van der Waals surface area contributed by atoms with Gasteiger partial charge < -0.3 is 15.0 Å². The number of likely N-dealkylation sites (N-methyl/N-ethyl adjacent to an activating group) is 1. The van der Waals surface area contributed by atoms with Crippen LogP contribution in [0, 0.1) is 5.92 Å². The molecule has 2 aromatic heterocycles. The number of hydrogen-bond acceptors (Lipinski definition) is 9.